The van der Waals surface area contributed by atoms with Crippen molar-refractivity contribution in [3.8, 4) is 11.5 Å². The molecular weight excluding hydrogens is 278 g/mol. The summed E-state index contributed by atoms with van der Waals surface area (Å²) in [6.45, 7) is 0.586. The average molecular weight is 299 g/mol. The van der Waals surface area contributed by atoms with Crippen LogP contribution in [0, 0.1) is 0 Å². The standard InChI is InChI=1S/C18H21NO3/c1-21-16-8-5-9-17(22-2)14(16)11-19-15-10-12-6-3-4-7-13(12)18(15)20/h3-9,15,18-20H,10-11H2,1-2H3/t15-,18+/m1/s1. The Hall–Kier alpha value is -2.04. The van der Waals surface area contributed by atoms with Crippen LogP contribution in [0.5, 0.6) is 11.5 Å². The van der Waals surface area contributed by atoms with Gasteiger partial charge in [-0.2, -0.15) is 0 Å². The van der Waals surface area contributed by atoms with E-state index in [1.807, 2.05) is 36.4 Å². The smallest absolute Gasteiger partial charge is 0.127 e. The lowest BCUT2D eigenvalue weighted by molar-refractivity contribution is 0.141. The number of methoxy groups -OCH3 is 2. The molecule has 2 atom stereocenters. The minimum atomic E-state index is -0.475. The Morgan fingerprint density at radius 3 is 2.36 bits per heavy atom. The van der Waals surface area contributed by atoms with Crippen LogP contribution >= 0.6 is 0 Å². The highest BCUT2D eigenvalue weighted by atomic mass is 16.5. The fourth-order valence-electron chi connectivity index (χ4n) is 3.09. The normalized spacial score (nSPS) is 19.8. The van der Waals surface area contributed by atoms with Crippen LogP contribution in [0.4, 0.5) is 0 Å². The minimum Gasteiger partial charge on any atom is -0.496 e. The molecule has 2 aromatic rings. The number of hydrogen-bond acceptors (Lipinski definition) is 4. The zero-order valence-electron chi connectivity index (χ0n) is 12.9. The van der Waals surface area contributed by atoms with Crippen molar-refractivity contribution in [2.75, 3.05) is 14.2 Å². The molecule has 0 radical (unpaired) electrons. The minimum absolute atomic E-state index is 0.00650. The van der Waals surface area contributed by atoms with Crippen molar-refractivity contribution in [2.24, 2.45) is 0 Å². The van der Waals surface area contributed by atoms with Crippen LogP contribution in [-0.4, -0.2) is 25.4 Å². The summed E-state index contributed by atoms with van der Waals surface area (Å²) in [5.74, 6) is 1.58. The SMILES string of the molecule is COc1cccc(OC)c1CN[C@@H]1Cc2ccccc2[C@@H]1O. The molecule has 0 aromatic heterocycles. The summed E-state index contributed by atoms with van der Waals surface area (Å²) in [4.78, 5) is 0. The van der Waals surface area contributed by atoms with E-state index in [4.69, 9.17) is 9.47 Å². The molecule has 0 aliphatic heterocycles. The second-order valence-corrected chi connectivity index (χ2v) is 5.48. The highest BCUT2D eigenvalue weighted by molar-refractivity contribution is 5.45. The van der Waals surface area contributed by atoms with Gasteiger partial charge in [0.05, 0.1) is 20.3 Å². The number of benzene rings is 2. The molecule has 116 valence electrons. The van der Waals surface area contributed by atoms with Gasteiger partial charge in [-0.25, -0.2) is 0 Å². The van der Waals surface area contributed by atoms with Crippen molar-refractivity contribution >= 4 is 0 Å². The van der Waals surface area contributed by atoms with E-state index in [1.165, 1.54) is 5.56 Å². The predicted octanol–water partition coefficient (Wildman–Crippen LogP) is 2.45. The highest BCUT2D eigenvalue weighted by Crippen LogP contribution is 2.33. The molecule has 4 heteroatoms. The van der Waals surface area contributed by atoms with Gasteiger partial charge < -0.3 is 19.9 Å². The fraction of sp³-hybridized carbons (Fsp3) is 0.333. The molecule has 3 rings (SSSR count). The van der Waals surface area contributed by atoms with E-state index < -0.39 is 6.10 Å². The van der Waals surface area contributed by atoms with Crippen LogP contribution in [0.2, 0.25) is 0 Å². The van der Waals surface area contributed by atoms with Gasteiger partial charge in [-0.05, 0) is 29.7 Å². The molecule has 0 unspecified atom stereocenters. The highest BCUT2D eigenvalue weighted by Gasteiger charge is 2.30. The van der Waals surface area contributed by atoms with Gasteiger partial charge in [-0.3, -0.25) is 0 Å². The lowest BCUT2D eigenvalue weighted by Crippen LogP contribution is -2.32. The van der Waals surface area contributed by atoms with Crippen molar-refractivity contribution in [1.82, 2.24) is 5.32 Å². The summed E-state index contributed by atoms with van der Waals surface area (Å²) in [5.41, 5.74) is 3.20. The molecule has 0 bridgehead atoms. The van der Waals surface area contributed by atoms with E-state index in [9.17, 15) is 5.11 Å². The summed E-state index contributed by atoms with van der Waals surface area (Å²) < 4.78 is 10.8. The van der Waals surface area contributed by atoms with Gasteiger partial charge in [0.1, 0.15) is 11.5 Å². The number of ether oxygens (including phenoxy) is 2. The number of fused-ring (bicyclic) bond motifs is 1. The maximum Gasteiger partial charge on any atom is 0.127 e. The fourth-order valence-corrected chi connectivity index (χ4v) is 3.09. The largest absolute Gasteiger partial charge is 0.496 e. The first-order valence-electron chi connectivity index (χ1n) is 7.43. The number of aliphatic hydroxyl groups excluding tert-OH is 1. The van der Waals surface area contributed by atoms with E-state index in [0.717, 1.165) is 29.0 Å². The quantitative estimate of drug-likeness (QED) is 0.890. The number of hydrogen-bond donors (Lipinski definition) is 2. The van der Waals surface area contributed by atoms with Gasteiger partial charge in [0, 0.05) is 18.2 Å². The maximum atomic E-state index is 10.4. The third-order valence-corrected chi connectivity index (χ3v) is 4.27. The molecule has 4 nitrogen and oxygen atoms in total. The Morgan fingerprint density at radius 1 is 1.05 bits per heavy atom. The molecule has 0 amide bonds. The Morgan fingerprint density at radius 2 is 1.73 bits per heavy atom. The van der Waals surface area contributed by atoms with E-state index >= 15 is 0 Å². The molecular formula is C18H21NO3. The van der Waals surface area contributed by atoms with Crippen molar-refractivity contribution < 1.29 is 14.6 Å². The molecule has 0 saturated heterocycles. The third-order valence-electron chi connectivity index (χ3n) is 4.27. The van der Waals surface area contributed by atoms with Crippen LogP contribution in [-0.2, 0) is 13.0 Å². The van der Waals surface area contributed by atoms with Gasteiger partial charge in [0.2, 0.25) is 0 Å². The summed E-state index contributed by atoms with van der Waals surface area (Å²) in [6, 6.07) is 13.8. The summed E-state index contributed by atoms with van der Waals surface area (Å²) in [7, 11) is 3.30. The number of aliphatic hydroxyl groups is 1. The van der Waals surface area contributed by atoms with E-state index in [0.29, 0.717) is 6.54 Å². The zero-order chi connectivity index (χ0) is 15.5. The first-order valence-corrected chi connectivity index (χ1v) is 7.43. The van der Waals surface area contributed by atoms with Crippen molar-refractivity contribution in [3.63, 3.8) is 0 Å². The average Bonchev–Trinajstić information content (AvgIpc) is 2.89. The van der Waals surface area contributed by atoms with Crippen molar-refractivity contribution in [1.29, 1.82) is 0 Å². The molecule has 0 heterocycles. The van der Waals surface area contributed by atoms with Crippen LogP contribution in [0.25, 0.3) is 0 Å². The van der Waals surface area contributed by atoms with Crippen molar-refractivity contribution in [2.45, 2.75) is 25.1 Å². The molecule has 0 saturated carbocycles. The van der Waals surface area contributed by atoms with Gasteiger partial charge in [0.25, 0.3) is 0 Å². The summed E-state index contributed by atoms with van der Waals surface area (Å²) in [6.07, 6.45) is 0.353. The Balaban J connectivity index is 1.75. The monoisotopic (exact) mass is 299 g/mol. The molecule has 0 spiro atoms. The summed E-state index contributed by atoms with van der Waals surface area (Å²) in [5, 5.41) is 13.9. The van der Waals surface area contributed by atoms with Crippen LogP contribution in [0.15, 0.2) is 42.5 Å². The molecule has 2 N–H and O–H groups in total. The predicted molar refractivity (Wildman–Crippen MR) is 85.3 cm³/mol. The Labute approximate surface area is 130 Å². The van der Waals surface area contributed by atoms with E-state index in [1.54, 1.807) is 14.2 Å². The Kier molecular flexibility index (Phi) is 4.32. The zero-order valence-corrected chi connectivity index (χ0v) is 12.9. The topological polar surface area (TPSA) is 50.7 Å². The second-order valence-electron chi connectivity index (χ2n) is 5.48. The molecule has 2 aromatic carbocycles. The van der Waals surface area contributed by atoms with Gasteiger partial charge in [-0.1, -0.05) is 30.3 Å². The number of rotatable bonds is 5. The molecule has 1 aliphatic rings. The van der Waals surface area contributed by atoms with Crippen LogP contribution in [0.1, 0.15) is 22.8 Å². The van der Waals surface area contributed by atoms with Crippen LogP contribution < -0.4 is 14.8 Å². The lowest BCUT2D eigenvalue weighted by Gasteiger charge is -2.19. The summed E-state index contributed by atoms with van der Waals surface area (Å²) >= 11 is 0. The van der Waals surface area contributed by atoms with Gasteiger partial charge >= 0.3 is 0 Å². The van der Waals surface area contributed by atoms with Gasteiger partial charge in [-0.15, -0.1) is 0 Å². The first kappa shape index (κ1) is 14.9. The van der Waals surface area contributed by atoms with Crippen molar-refractivity contribution in [3.05, 3.63) is 59.2 Å². The van der Waals surface area contributed by atoms with E-state index in [-0.39, 0.29) is 6.04 Å². The number of nitrogens with one attached hydrogen (secondary N) is 1. The molecule has 0 fully saturated rings. The Bertz CT molecular complexity index is 634. The lowest BCUT2D eigenvalue weighted by atomic mass is 10.1. The second kappa shape index (κ2) is 6.38. The molecule has 22 heavy (non-hydrogen) atoms. The maximum absolute atomic E-state index is 10.4. The third kappa shape index (κ3) is 2.67. The first-order chi connectivity index (χ1) is 10.7. The van der Waals surface area contributed by atoms with E-state index in [2.05, 4.69) is 11.4 Å². The molecule has 1 aliphatic carbocycles. The van der Waals surface area contributed by atoms with Crippen LogP contribution in [0.3, 0.4) is 0 Å². The van der Waals surface area contributed by atoms with Gasteiger partial charge in [0.15, 0.2) is 0 Å².